The highest BCUT2D eigenvalue weighted by atomic mass is 16.6. The van der Waals surface area contributed by atoms with Crippen LogP contribution in [0.4, 0.5) is 4.79 Å². The van der Waals surface area contributed by atoms with Gasteiger partial charge in [0.25, 0.3) is 0 Å². The van der Waals surface area contributed by atoms with E-state index in [1.54, 1.807) is 35.0 Å². The third-order valence-electron chi connectivity index (χ3n) is 11.6. The average Bonchev–Trinajstić information content (AvgIpc) is 3.71. The summed E-state index contributed by atoms with van der Waals surface area (Å²) in [6.45, 7) is 26.8. The van der Waals surface area contributed by atoms with Crippen molar-refractivity contribution in [1.29, 1.82) is 0 Å². The van der Waals surface area contributed by atoms with Crippen molar-refractivity contribution >= 4 is 17.7 Å². The number of nitrogens with one attached hydrogen (secondary N) is 1. The highest BCUT2D eigenvalue weighted by Gasteiger charge is 2.25. The molecule has 29 nitrogen and oxygen atoms in total. The van der Waals surface area contributed by atoms with Crippen molar-refractivity contribution in [2.45, 2.75) is 70.9 Å². The Hall–Kier alpha value is -2.35. The van der Waals surface area contributed by atoms with Crippen molar-refractivity contribution in [2.75, 3.05) is 318 Å². The van der Waals surface area contributed by atoms with E-state index in [4.69, 9.17) is 118 Å². The lowest BCUT2D eigenvalue weighted by atomic mass is 10.0. The van der Waals surface area contributed by atoms with Gasteiger partial charge in [-0.3, -0.25) is 9.59 Å². The summed E-state index contributed by atoms with van der Waals surface area (Å²) >= 11 is 0. The number of carbonyl (C=O) groups excluding carboxylic acids is 3. The maximum absolute atomic E-state index is 13.2. The van der Waals surface area contributed by atoms with Gasteiger partial charge in [0.05, 0.1) is 297 Å². The molecule has 0 aliphatic rings. The first kappa shape index (κ1) is 88.6. The highest BCUT2D eigenvalue weighted by Crippen LogP contribution is 2.11. The van der Waals surface area contributed by atoms with E-state index in [1.165, 1.54) is 0 Å². The third-order valence-corrected chi connectivity index (χ3v) is 11.6. The Morgan fingerprint density at radius 1 is 0.264 bits per heavy atom. The molecule has 0 aromatic carbocycles. The van der Waals surface area contributed by atoms with E-state index in [1.807, 2.05) is 0 Å². The van der Waals surface area contributed by atoms with Crippen LogP contribution in [0.3, 0.4) is 0 Å². The molecule has 0 spiro atoms. The highest BCUT2D eigenvalue weighted by molar-refractivity contribution is 5.88. The Bertz CT molecular complexity index is 1480. The van der Waals surface area contributed by atoms with E-state index >= 15 is 0 Å². The molecule has 1 N–H and O–H groups in total. The van der Waals surface area contributed by atoms with E-state index in [9.17, 15) is 14.4 Å². The second-order valence-corrected chi connectivity index (χ2v) is 20.4. The standard InChI is InChI=1S/C62H121NO28/c1-62(2,3)91-61(66)63-59(60(65)9-7-13-70-19-21-74-27-29-78-35-37-82-43-45-86-51-53-90-57-55-88-49-47-84-41-39-80-33-31-76-25-23-72-17-15-68-5)11-10-58(64)8-6-12-69-18-20-73-26-28-77-34-36-81-42-44-85-50-52-89-56-54-87-48-46-83-40-38-79-32-30-75-24-22-71-16-14-67-4/h59H,6-57H2,1-5H3,(H,63,66)/t59-/m0/s1. The number of ketones is 2. The topological polar surface area (TPSA) is 294 Å². The molecule has 0 radical (unpaired) electrons. The van der Waals surface area contributed by atoms with Crippen molar-refractivity contribution in [1.82, 2.24) is 5.32 Å². The summed E-state index contributed by atoms with van der Waals surface area (Å²) in [5, 5.41) is 2.66. The fraction of sp³-hybridized carbons (Fsp3) is 0.952. The molecule has 0 rings (SSSR count). The van der Waals surface area contributed by atoms with Gasteiger partial charge in [-0.25, -0.2) is 4.79 Å². The first-order valence-electron chi connectivity index (χ1n) is 32.4. The fourth-order valence-corrected chi connectivity index (χ4v) is 6.97. The van der Waals surface area contributed by atoms with Gasteiger partial charge in [0.1, 0.15) is 11.4 Å². The Balaban J connectivity index is 3.66. The molecule has 0 aromatic rings. The SMILES string of the molecule is COCCOCCOCCOCCOCCOCCOCCOCCOCCOCCOCCOCCCC(=O)CC[C@H](NC(=O)OC(C)(C)C)C(=O)CCCOCCOCCOCCOCCOCCOCCOCCOCCOCCOCCOCCOC. The van der Waals surface area contributed by atoms with E-state index in [0.29, 0.717) is 317 Å². The molecule has 0 aromatic heterocycles. The first-order valence-corrected chi connectivity index (χ1v) is 32.4. The summed E-state index contributed by atoms with van der Waals surface area (Å²) in [4.78, 5) is 38.5. The predicted octanol–water partition coefficient (Wildman–Crippen LogP) is 3.02. The Labute approximate surface area is 543 Å². The quantitative estimate of drug-likeness (QED) is 0.0856. The molecule has 91 heavy (non-hydrogen) atoms. The zero-order chi connectivity index (χ0) is 66.0. The summed E-state index contributed by atoms with van der Waals surface area (Å²) in [7, 11) is 3.28. The Kier molecular flexibility index (Phi) is 73.1. The van der Waals surface area contributed by atoms with Gasteiger partial charge in [0, 0.05) is 46.7 Å². The Morgan fingerprint density at radius 3 is 0.648 bits per heavy atom. The summed E-state index contributed by atoms with van der Waals surface area (Å²) in [6.07, 6.45) is 1.00. The predicted molar refractivity (Wildman–Crippen MR) is 333 cm³/mol. The number of hydrogen-bond donors (Lipinski definition) is 1. The lowest BCUT2D eigenvalue weighted by molar-refractivity contribution is -0.122. The molecule has 29 heteroatoms. The molecular weight excluding hydrogens is 1210 g/mol. The zero-order valence-electron chi connectivity index (χ0n) is 56.3. The van der Waals surface area contributed by atoms with Gasteiger partial charge in [-0.1, -0.05) is 0 Å². The van der Waals surface area contributed by atoms with E-state index < -0.39 is 17.7 Å². The minimum atomic E-state index is -0.865. The smallest absolute Gasteiger partial charge is 0.408 e. The zero-order valence-corrected chi connectivity index (χ0v) is 56.3. The van der Waals surface area contributed by atoms with Crippen molar-refractivity contribution in [3.05, 3.63) is 0 Å². The van der Waals surface area contributed by atoms with Crippen LogP contribution in [0.1, 0.15) is 59.3 Å². The van der Waals surface area contributed by atoms with Crippen LogP contribution in [0.5, 0.6) is 0 Å². The average molecular weight is 1330 g/mol. The number of carbonyl (C=O) groups is 3. The van der Waals surface area contributed by atoms with Gasteiger partial charge in [-0.2, -0.15) is 0 Å². The minimum Gasteiger partial charge on any atom is -0.444 e. The van der Waals surface area contributed by atoms with Crippen LogP contribution >= 0.6 is 0 Å². The van der Waals surface area contributed by atoms with E-state index in [-0.39, 0.29) is 37.2 Å². The number of rotatable bonds is 79. The molecule has 0 fully saturated rings. The molecule has 0 unspecified atom stereocenters. The molecule has 0 heterocycles. The van der Waals surface area contributed by atoms with E-state index in [0.717, 1.165) is 0 Å². The number of ether oxygens (including phenoxy) is 25. The molecule has 0 saturated heterocycles. The molecule has 542 valence electrons. The van der Waals surface area contributed by atoms with Crippen molar-refractivity contribution in [3.63, 3.8) is 0 Å². The summed E-state index contributed by atoms with van der Waals surface area (Å²) in [6, 6.07) is -0.865. The molecule has 0 bridgehead atoms. The van der Waals surface area contributed by atoms with Crippen LogP contribution in [0.2, 0.25) is 0 Å². The van der Waals surface area contributed by atoms with E-state index in [2.05, 4.69) is 5.32 Å². The normalized spacial score (nSPS) is 12.1. The van der Waals surface area contributed by atoms with Crippen LogP contribution in [-0.4, -0.2) is 347 Å². The lowest BCUT2D eigenvalue weighted by Gasteiger charge is -2.23. The molecular formula is C62H121NO28. The largest absolute Gasteiger partial charge is 0.444 e. The van der Waals surface area contributed by atoms with Crippen LogP contribution in [0.25, 0.3) is 0 Å². The lowest BCUT2D eigenvalue weighted by Crippen LogP contribution is -2.43. The maximum Gasteiger partial charge on any atom is 0.408 e. The number of Topliss-reactive ketones (excluding diaryl/α,β-unsaturated/α-hetero) is 2. The Morgan fingerprint density at radius 2 is 0.451 bits per heavy atom. The summed E-state index contributed by atoms with van der Waals surface area (Å²) < 4.78 is 136. The summed E-state index contributed by atoms with van der Waals surface area (Å²) in [5.74, 6) is -0.225. The third kappa shape index (κ3) is 76.5. The molecule has 1 atom stereocenters. The van der Waals surface area contributed by atoms with Crippen molar-refractivity contribution in [3.8, 4) is 0 Å². The van der Waals surface area contributed by atoms with Crippen LogP contribution in [0, 0.1) is 0 Å². The second kappa shape index (κ2) is 75.0. The summed E-state index contributed by atoms with van der Waals surface area (Å²) in [5.41, 5.74) is -0.749. The van der Waals surface area contributed by atoms with Gasteiger partial charge in [0.15, 0.2) is 5.78 Å². The van der Waals surface area contributed by atoms with Crippen molar-refractivity contribution < 1.29 is 133 Å². The van der Waals surface area contributed by atoms with Crippen molar-refractivity contribution in [2.24, 2.45) is 0 Å². The van der Waals surface area contributed by atoms with Crippen LogP contribution in [0.15, 0.2) is 0 Å². The number of methoxy groups -OCH3 is 2. The van der Waals surface area contributed by atoms with Gasteiger partial charge >= 0.3 is 6.09 Å². The minimum absolute atomic E-state index is 0.0266. The van der Waals surface area contributed by atoms with Crippen LogP contribution < -0.4 is 5.32 Å². The maximum atomic E-state index is 13.2. The number of alkyl carbamates (subject to hydrolysis) is 1. The monoisotopic (exact) mass is 1330 g/mol. The van der Waals surface area contributed by atoms with Gasteiger partial charge < -0.3 is 124 Å². The van der Waals surface area contributed by atoms with Gasteiger partial charge in [-0.15, -0.1) is 0 Å². The van der Waals surface area contributed by atoms with Gasteiger partial charge in [0.2, 0.25) is 0 Å². The molecule has 0 saturated carbocycles. The number of amides is 1. The first-order chi connectivity index (χ1) is 44.7. The molecule has 1 amide bonds. The molecule has 0 aliphatic carbocycles. The second-order valence-electron chi connectivity index (χ2n) is 20.4. The number of hydrogen-bond acceptors (Lipinski definition) is 28. The van der Waals surface area contributed by atoms with Gasteiger partial charge in [-0.05, 0) is 40.0 Å². The van der Waals surface area contributed by atoms with Crippen LogP contribution in [-0.2, 0) is 128 Å². The molecule has 0 aliphatic heterocycles. The fourth-order valence-electron chi connectivity index (χ4n) is 6.97.